The number of nitrogens with two attached hydrogens (primary N) is 1. The van der Waals surface area contributed by atoms with Crippen molar-refractivity contribution in [2.75, 3.05) is 44.9 Å². The molecule has 0 radical (unpaired) electrons. The maximum absolute atomic E-state index is 12.1. The number of amides is 1. The van der Waals surface area contributed by atoms with Crippen LogP contribution < -0.4 is 11.1 Å². The van der Waals surface area contributed by atoms with Crippen molar-refractivity contribution in [1.82, 2.24) is 4.90 Å². The van der Waals surface area contributed by atoms with Gasteiger partial charge in [-0.15, -0.1) is 0 Å². The second-order valence-electron chi connectivity index (χ2n) is 5.36. The average Bonchev–Trinajstić information content (AvgIpc) is 2.84. The summed E-state index contributed by atoms with van der Waals surface area (Å²) in [6.07, 6.45) is 0.0297. The SMILES string of the molecule is COC1CN(CC(=O)Nc2ccc(N)cc2C)CC1OC. The summed E-state index contributed by atoms with van der Waals surface area (Å²) in [4.78, 5) is 14.2. The number of hydrogen-bond acceptors (Lipinski definition) is 5. The number of carbonyl (C=O) groups excluding carboxylic acids is 1. The molecule has 2 unspecified atom stereocenters. The van der Waals surface area contributed by atoms with E-state index in [9.17, 15) is 4.79 Å². The minimum atomic E-state index is -0.0468. The zero-order valence-electron chi connectivity index (χ0n) is 12.8. The number of nitrogen functional groups attached to an aromatic ring is 1. The van der Waals surface area contributed by atoms with E-state index in [4.69, 9.17) is 15.2 Å². The third-order valence-corrected chi connectivity index (χ3v) is 3.79. The molecule has 1 aromatic carbocycles. The second kappa shape index (κ2) is 6.89. The minimum absolute atomic E-state index is 0.0149. The Hall–Kier alpha value is -1.63. The lowest BCUT2D eigenvalue weighted by atomic mass is 10.2. The maximum Gasteiger partial charge on any atom is 0.238 e. The predicted octanol–water partition coefficient (Wildman–Crippen LogP) is 0.861. The van der Waals surface area contributed by atoms with Crippen LogP contribution >= 0.6 is 0 Å². The Labute approximate surface area is 125 Å². The lowest BCUT2D eigenvalue weighted by Gasteiger charge is -2.15. The molecule has 6 heteroatoms. The van der Waals surface area contributed by atoms with Crippen molar-refractivity contribution in [3.05, 3.63) is 23.8 Å². The fourth-order valence-corrected chi connectivity index (χ4v) is 2.62. The first kappa shape index (κ1) is 15.8. The van der Waals surface area contributed by atoms with Gasteiger partial charge < -0.3 is 20.5 Å². The summed E-state index contributed by atoms with van der Waals surface area (Å²) >= 11 is 0. The molecule has 0 bridgehead atoms. The Morgan fingerprint density at radius 1 is 1.33 bits per heavy atom. The number of anilines is 2. The van der Waals surface area contributed by atoms with Crippen LogP contribution in [0.3, 0.4) is 0 Å². The number of likely N-dealkylation sites (tertiary alicyclic amines) is 1. The van der Waals surface area contributed by atoms with Crippen molar-refractivity contribution in [3.63, 3.8) is 0 Å². The topological polar surface area (TPSA) is 76.8 Å². The molecule has 116 valence electrons. The second-order valence-corrected chi connectivity index (χ2v) is 5.36. The highest BCUT2D eigenvalue weighted by atomic mass is 16.5. The summed E-state index contributed by atoms with van der Waals surface area (Å²) < 4.78 is 10.7. The van der Waals surface area contributed by atoms with Crippen LogP contribution in [0, 0.1) is 6.92 Å². The van der Waals surface area contributed by atoms with Gasteiger partial charge in [-0.05, 0) is 30.7 Å². The molecule has 0 saturated carbocycles. The molecule has 0 aromatic heterocycles. The van der Waals surface area contributed by atoms with Gasteiger partial charge in [-0.2, -0.15) is 0 Å². The molecule has 1 aromatic rings. The monoisotopic (exact) mass is 293 g/mol. The molecule has 1 aliphatic heterocycles. The van der Waals surface area contributed by atoms with Crippen molar-refractivity contribution in [2.24, 2.45) is 0 Å². The maximum atomic E-state index is 12.1. The number of hydrogen-bond donors (Lipinski definition) is 2. The molecule has 6 nitrogen and oxygen atoms in total. The summed E-state index contributed by atoms with van der Waals surface area (Å²) in [5.74, 6) is -0.0468. The van der Waals surface area contributed by atoms with Gasteiger partial charge in [0.2, 0.25) is 5.91 Å². The number of benzene rings is 1. The highest BCUT2D eigenvalue weighted by Crippen LogP contribution is 2.19. The molecule has 21 heavy (non-hydrogen) atoms. The van der Waals surface area contributed by atoms with Crippen molar-refractivity contribution in [3.8, 4) is 0 Å². The Morgan fingerprint density at radius 3 is 2.48 bits per heavy atom. The third kappa shape index (κ3) is 3.93. The molecule has 1 amide bonds. The van der Waals surface area contributed by atoms with Gasteiger partial charge in [0.25, 0.3) is 0 Å². The Morgan fingerprint density at radius 2 is 1.95 bits per heavy atom. The van der Waals surface area contributed by atoms with Crippen molar-refractivity contribution in [1.29, 1.82) is 0 Å². The van der Waals surface area contributed by atoms with E-state index in [1.165, 1.54) is 0 Å². The van der Waals surface area contributed by atoms with Crippen LogP contribution in [0.2, 0.25) is 0 Å². The molecule has 0 spiro atoms. The van der Waals surface area contributed by atoms with Crippen molar-refractivity contribution >= 4 is 17.3 Å². The van der Waals surface area contributed by atoms with Gasteiger partial charge in [0.05, 0.1) is 18.8 Å². The third-order valence-electron chi connectivity index (χ3n) is 3.79. The minimum Gasteiger partial charge on any atom is -0.399 e. The first-order valence-corrected chi connectivity index (χ1v) is 6.97. The van der Waals surface area contributed by atoms with Crippen LogP contribution in [0.4, 0.5) is 11.4 Å². The number of methoxy groups -OCH3 is 2. The smallest absolute Gasteiger partial charge is 0.238 e. The lowest BCUT2D eigenvalue weighted by Crippen LogP contribution is -2.32. The van der Waals surface area contributed by atoms with E-state index in [1.54, 1.807) is 20.3 Å². The zero-order chi connectivity index (χ0) is 15.4. The highest BCUT2D eigenvalue weighted by molar-refractivity contribution is 5.93. The molecule has 1 aliphatic rings. The van der Waals surface area contributed by atoms with E-state index in [0.717, 1.165) is 11.3 Å². The first-order valence-electron chi connectivity index (χ1n) is 6.97. The predicted molar refractivity (Wildman–Crippen MR) is 82.3 cm³/mol. The first-order chi connectivity index (χ1) is 10.0. The van der Waals surface area contributed by atoms with Gasteiger partial charge in [-0.3, -0.25) is 9.69 Å². The van der Waals surface area contributed by atoms with Crippen LogP contribution in [-0.4, -0.2) is 56.9 Å². The van der Waals surface area contributed by atoms with E-state index in [1.807, 2.05) is 24.0 Å². The van der Waals surface area contributed by atoms with Crippen molar-refractivity contribution in [2.45, 2.75) is 19.1 Å². The number of ether oxygens (including phenoxy) is 2. The van der Waals surface area contributed by atoms with E-state index < -0.39 is 0 Å². The Kier molecular flexibility index (Phi) is 5.17. The number of nitrogens with one attached hydrogen (secondary N) is 1. The molecule has 3 N–H and O–H groups in total. The standard InChI is InChI=1S/C15H23N3O3/c1-10-6-11(16)4-5-12(10)17-15(19)9-18-7-13(20-2)14(8-18)21-3/h4-6,13-14H,7-9,16H2,1-3H3,(H,17,19). The fraction of sp³-hybridized carbons (Fsp3) is 0.533. The highest BCUT2D eigenvalue weighted by Gasteiger charge is 2.33. The normalized spacial score (nSPS) is 22.4. The van der Waals surface area contributed by atoms with Crippen LogP contribution in [0.5, 0.6) is 0 Å². The molecule has 2 rings (SSSR count). The van der Waals surface area contributed by atoms with Gasteiger partial charge in [-0.1, -0.05) is 0 Å². The number of nitrogens with zero attached hydrogens (tertiary/aromatic N) is 1. The summed E-state index contributed by atoms with van der Waals surface area (Å²) in [6, 6.07) is 5.44. The van der Waals surface area contributed by atoms with Gasteiger partial charge >= 0.3 is 0 Å². The molecule has 1 saturated heterocycles. The Bertz CT molecular complexity index is 495. The van der Waals surface area contributed by atoms with E-state index in [2.05, 4.69) is 5.32 Å². The number of aryl methyl sites for hydroxylation is 1. The van der Waals surface area contributed by atoms with Crippen LogP contribution in [-0.2, 0) is 14.3 Å². The summed E-state index contributed by atoms with van der Waals surface area (Å²) in [7, 11) is 3.33. The molecular formula is C15H23N3O3. The number of rotatable bonds is 5. The average molecular weight is 293 g/mol. The largest absolute Gasteiger partial charge is 0.399 e. The van der Waals surface area contributed by atoms with Crippen LogP contribution in [0.15, 0.2) is 18.2 Å². The van der Waals surface area contributed by atoms with E-state index >= 15 is 0 Å². The summed E-state index contributed by atoms with van der Waals surface area (Å²) in [6.45, 7) is 3.64. The molecular weight excluding hydrogens is 270 g/mol. The Balaban J connectivity index is 1.90. The lowest BCUT2D eigenvalue weighted by molar-refractivity contribution is -0.117. The van der Waals surface area contributed by atoms with Crippen molar-refractivity contribution < 1.29 is 14.3 Å². The molecule has 1 fully saturated rings. The van der Waals surface area contributed by atoms with E-state index in [0.29, 0.717) is 25.3 Å². The molecule has 0 aliphatic carbocycles. The van der Waals surface area contributed by atoms with Gasteiger partial charge in [-0.25, -0.2) is 0 Å². The van der Waals surface area contributed by atoms with Gasteiger partial charge in [0.15, 0.2) is 0 Å². The molecule has 2 atom stereocenters. The summed E-state index contributed by atoms with van der Waals surface area (Å²) in [5, 5.41) is 2.91. The quantitative estimate of drug-likeness (QED) is 0.788. The van der Waals surface area contributed by atoms with E-state index in [-0.39, 0.29) is 18.1 Å². The summed E-state index contributed by atoms with van der Waals surface area (Å²) in [5.41, 5.74) is 8.14. The fourth-order valence-electron chi connectivity index (χ4n) is 2.62. The van der Waals surface area contributed by atoms with Crippen LogP contribution in [0.25, 0.3) is 0 Å². The number of carbonyl (C=O) groups is 1. The van der Waals surface area contributed by atoms with Gasteiger partial charge in [0, 0.05) is 38.7 Å². The van der Waals surface area contributed by atoms with Gasteiger partial charge in [0.1, 0.15) is 0 Å². The molecule has 1 heterocycles. The van der Waals surface area contributed by atoms with Crippen LogP contribution in [0.1, 0.15) is 5.56 Å². The zero-order valence-corrected chi connectivity index (χ0v) is 12.8.